The number of methoxy groups -OCH3 is 1. The molecule has 1 aromatic heterocycles. The molecular formula is C15H22N8OS. The summed E-state index contributed by atoms with van der Waals surface area (Å²) in [6.45, 7) is 1.21. The van der Waals surface area contributed by atoms with E-state index in [-0.39, 0.29) is 11.9 Å². The van der Waals surface area contributed by atoms with Gasteiger partial charge in [-0.3, -0.25) is 9.67 Å². The van der Waals surface area contributed by atoms with E-state index in [0.717, 1.165) is 28.5 Å². The summed E-state index contributed by atoms with van der Waals surface area (Å²) in [5, 5.41) is 8.28. The fraction of sp³-hybridized carbons (Fsp3) is 0.333. The first-order chi connectivity index (χ1) is 12.1. The topological polar surface area (TPSA) is 143 Å². The SMILES string of the molecule is COc1ccc(SCc2cn(CCCN=C(N)N=C(N)N)nn2)cc1. The van der Waals surface area contributed by atoms with Crippen LogP contribution in [-0.4, -0.2) is 40.6 Å². The minimum absolute atomic E-state index is 0.0789. The zero-order valence-corrected chi connectivity index (χ0v) is 14.8. The molecule has 0 fully saturated rings. The van der Waals surface area contributed by atoms with Gasteiger partial charge in [0.05, 0.1) is 12.8 Å². The highest BCUT2D eigenvalue weighted by Gasteiger charge is 2.03. The third-order valence-electron chi connectivity index (χ3n) is 3.10. The number of hydrogen-bond acceptors (Lipinski definition) is 5. The van der Waals surface area contributed by atoms with Crippen LogP contribution in [0.15, 0.2) is 45.3 Å². The number of hydrogen-bond donors (Lipinski definition) is 3. The molecular weight excluding hydrogens is 340 g/mol. The lowest BCUT2D eigenvalue weighted by Crippen LogP contribution is -2.26. The van der Waals surface area contributed by atoms with Gasteiger partial charge in [0.15, 0.2) is 5.96 Å². The highest BCUT2D eigenvalue weighted by atomic mass is 32.2. The number of guanidine groups is 2. The van der Waals surface area contributed by atoms with Crippen molar-refractivity contribution in [3.05, 3.63) is 36.2 Å². The zero-order valence-electron chi connectivity index (χ0n) is 14.0. The molecule has 134 valence electrons. The third kappa shape index (κ3) is 6.71. The highest BCUT2D eigenvalue weighted by molar-refractivity contribution is 7.98. The number of aromatic nitrogens is 3. The summed E-state index contributed by atoms with van der Waals surface area (Å²) in [7, 11) is 1.65. The molecule has 6 N–H and O–H groups in total. The van der Waals surface area contributed by atoms with Crippen LogP contribution in [0.4, 0.5) is 0 Å². The van der Waals surface area contributed by atoms with Gasteiger partial charge in [-0.15, -0.1) is 16.9 Å². The number of aryl methyl sites for hydroxylation is 1. The standard InChI is InChI=1S/C15H22N8OS/c1-24-12-3-5-13(6-4-12)25-10-11-9-23(22-21-11)8-2-7-19-15(18)20-14(16)17/h3-6,9H,2,7-8,10H2,1H3,(H6,16,17,18,19,20). The van der Waals surface area contributed by atoms with E-state index in [1.165, 1.54) is 0 Å². The van der Waals surface area contributed by atoms with Crippen LogP contribution in [0.3, 0.4) is 0 Å². The number of thioether (sulfide) groups is 1. The fourth-order valence-electron chi connectivity index (χ4n) is 1.94. The number of benzene rings is 1. The van der Waals surface area contributed by atoms with Gasteiger partial charge in [0, 0.05) is 29.9 Å². The van der Waals surface area contributed by atoms with Crippen molar-refractivity contribution >= 4 is 23.7 Å². The first-order valence-corrected chi connectivity index (χ1v) is 8.61. The van der Waals surface area contributed by atoms with E-state index < -0.39 is 0 Å². The molecule has 0 aliphatic carbocycles. The lowest BCUT2D eigenvalue weighted by atomic mass is 10.3. The second kappa shape index (κ2) is 9.52. The summed E-state index contributed by atoms with van der Waals surface area (Å²) in [5.74, 6) is 1.58. The molecule has 10 heteroatoms. The second-order valence-corrected chi connectivity index (χ2v) is 6.12. The molecule has 0 atom stereocenters. The summed E-state index contributed by atoms with van der Waals surface area (Å²) >= 11 is 1.70. The molecule has 0 bridgehead atoms. The van der Waals surface area contributed by atoms with E-state index in [1.807, 2.05) is 30.5 Å². The van der Waals surface area contributed by atoms with Crippen molar-refractivity contribution in [1.29, 1.82) is 0 Å². The first kappa shape index (κ1) is 18.6. The zero-order chi connectivity index (χ0) is 18.1. The Balaban J connectivity index is 1.75. The van der Waals surface area contributed by atoms with Gasteiger partial charge in [0.1, 0.15) is 5.75 Å². The molecule has 0 unspecified atom stereocenters. The average Bonchev–Trinajstić information content (AvgIpc) is 3.04. The maximum atomic E-state index is 5.53. The van der Waals surface area contributed by atoms with Crippen LogP contribution in [-0.2, 0) is 12.3 Å². The Labute approximate surface area is 150 Å². The summed E-state index contributed by atoms with van der Waals surface area (Å²) < 4.78 is 6.93. The van der Waals surface area contributed by atoms with Gasteiger partial charge in [0.2, 0.25) is 5.96 Å². The average molecular weight is 362 g/mol. The predicted molar refractivity (Wildman–Crippen MR) is 99.5 cm³/mol. The molecule has 0 aliphatic rings. The van der Waals surface area contributed by atoms with Gasteiger partial charge < -0.3 is 21.9 Å². The lowest BCUT2D eigenvalue weighted by Gasteiger charge is -2.01. The Hall–Kier alpha value is -2.75. The van der Waals surface area contributed by atoms with Crippen LogP contribution >= 0.6 is 11.8 Å². The molecule has 0 aliphatic heterocycles. The molecule has 0 radical (unpaired) electrons. The first-order valence-electron chi connectivity index (χ1n) is 7.62. The van der Waals surface area contributed by atoms with Gasteiger partial charge >= 0.3 is 0 Å². The molecule has 25 heavy (non-hydrogen) atoms. The summed E-state index contributed by atoms with van der Waals surface area (Å²) in [4.78, 5) is 8.84. The maximum Gasteiger partial charge on any atom is 0.218 e. The van der Waals surface area contributed by atoms with E-state index in [2.05, 4.69) is 20.3 Å². The van der Waals surface area contributed by atoms with Crippen molar-refractivity contribution in [1.82, 2.24) is 15.0 Å². The Morgan fingerprint density at radius 3 is 2.68 bits per heavy atom. The minimum atomic E-state index is -0.100. The van der Waals surface area contributed by atoms with Crippen molar-refractivity contribution in [3.63, 3.8) is 0 Å². The molecule has 0 amide bonds. The molecule has 0 saturated carbocycles. The van der Waals surface area contributed by atoms with Crippen LogP contribution in [0.1, 0.15) is 12.1 Å². The largest absolute Gasteiger partial charge is 0.497 e. The fourth-order valence-corrected chi connectivity index (χ4v) is 2.71. The van der Waals surface area contributed by atoms with Crippen molar-refractivity contribution in [2.75, 3.05) is 13.7 Å². The normalized spacial score (nSPS) is 11.3. The van der Waals surface area contributed by atoms with Crippen LogP contribution < -0.4 is 21.9 Å². The number of aliphatic imine (C=N–C) groups is 2. The summed E-state index contributed by atoms with van der Waals surface area (Å²) in [6, 6.07) is 7.92. The van der Waals surface area contributed by atoms with E-state index in [0.29, 0.717) is 13.1 Å². The van der Waals surface area contributed by atoms with E-state index >= 15 is 0 Å². The Kier molecular flexibility index (Phi) is 7.08. The number of nitrogens with two attached hydrogens (primary N) is 3. The van der Waals surface area contributed by atoms with Crippen molar-refractivity contribution < 1.29 is 4.74 Å². The third-order valence-corrected chi connectivity index (χ3v) is 4.14. The van der Waals surface area contributed by atoms with Crippen LogP contribution in [0.5, 0.6) is 5.75 Å². The Morgan fingerprint density at radius 1 is 1.24 bits per heavy atom. The molecule has 9 nitrogen and oxygen atoms in total. The molecule has 2 aromatic rings. The highest BCUT2D eigenvalue weighted by Crippen LogP contribution is 2.23. The van der Waals surface area contributed by atoms with E-state index in [4.69, 9.17) is 21.9 Å². The van der Waals surface area contributed by atoms with Crippen LogP contribution in [0.2, 0.25) is 0 Å². The van der Waals surface area contributed by atoms with Gasteiger partial charge in [-0.25, -0.2) is 0 Å². The summed E-state index contributed by atoms with van der Waals surface area (Å²) in [5.41, 5.74) is 16.9. The molecule has 1 aromatic carbocycles. The summed E-state index contributed by atoms with van der Waals surface area (Å²) in [6.07, 6.45) is 2.69. The van der Waals surface area contributed by atoms with E-state index in [9.17, 15) is 0 Å². The molecule has 0 saturated heterocycles. The lowest BCUT2D eigenvalue weighted by molar-refractivity contribution is 0.414. The van der Waals surface area contributed by atoms with Gasteiger partial charge in [-0.2, -0.15) is 4.99 Å². The molecule has 1 heterocycles. The number of nitrogens with zero attached hydrogens (tertiary/aromatic N) is 5. The van der Waals surface area contributed by atoms with Gasteiger partial charge in [0.25, 0.3) is 0 Å². The molecule has 0 spiro atoms. The smallest absolute Gasteiger partial charge is 0.218 e. The second-order valence-electron chi connectivity index (χ2n) is 5.07. The van der Waals surface area contributed by atoms with Crippen molar-refractivity contribution in [2.45, 2.75) is 23.6 Å². The monoisotopic (exact) mass is 362 g/mol. The van der Waals surface area contributed by atoms with Crippen molar-refractivity contribution in [2.24, 2.45) is 27.2 Å². The van der Waals surface area contributed by atoms with Gasteiger partial charge in [-0.1, -0.05) is 5.21 Å². The number of ether oxygens (including phenoxy) is 1. The van der Waals surface area contributed by atoms with E-state index in [1.54, 1.807) is 23.6 Å². The maximum absolute atomic E-state index is 5.53. The van der Waals surface area contributed by atoms with Crippen molar-refractivity contribution in [3.8, 4) is 5.75 Å². The predicted octanol–water partition coefficient (Wildman–Crippen LogP) is 0.557. The van der Waals surface area contributed by atoms with Gasteiger partial charge in [-0.05, 0) is 30.7 Å². The van der Waals surface area contributed by atoms with Crippen LogP contribution in [0, 0.1) is 0 Å². The Bertz CT molecular complexity index is 721. The Morgan fingerprint density at radius 2 is 2.00 bits per heavy atom. The quantitative estimate of drug-likeness (QED) is 0.269. The minimum Gasteiger partial charge on any atom is -0.497 e. The number of rotatable bonds is 8. The van der Waals surface area contributed by atoms with Crippen LogP contribution in [0.25, 0.3) is 0 Å². The molecule has 2 rings (SSSR count).